The topological polar surface area (TPSA) is 50.6 Å². The highest BCUT2D eigenvalue weighted by molar-refractivity contribution is 7.99. The van der Waals surface area contributed by atoms with Crippen LogP contribution in [0.25, 0.3) is 0 Å². The van der Waals surface area contributed by atoms with Crippen LogP contribution < -0.4 is 4.74 Å². The van der Waals surface area contributed by atoms with Crippen molar-refractivity contribution in [2.75, 3.05) is 19.3 Å². The van der Waals surface area contributed by atoms with Crippen LogP contribution in [0.15, 0.2) is 34.5 Å². The van der Waals surface area contributed by atoms with Crippen LogP contribution in [0, 0.1) is 6.92 Å². The number of alkyl halides is 2. The summed E-state index contributed by atoms with van der Waals surface area (Å²) in [4.78, 5) is 14.6. The molecular formula is C19H24F2N4OS. The zero-order valence-electron chi connectivity index (χ0n) is 15.9. The second-order valence-corrected chi connectivity index (χ2v) is 6.99. The fourth-order valence-corrected chi connectivity index (χ4v) is 2.76. The molecule has 1 aromatic heterocycles. The number of aryl methyl sites for hydroxylation is 1. The van der Waals surface area contributed by atoms with E-state index in [-0.39, 0.29) is 17.2 Å². The minimum Gasteiger partial charge on any atom is -0.438 e. The van der Waals surface area contributed by atoms with Gasteiger partial charge in [0.2, 0.25) is 5.88 Å². The van der Waals surface area contributed by atoms with Crippen molar-refractivity contribution in [1.82, 2.24) is 14.9 Å². The number of ether oxygens (including phenoxy) is 1. The average molecular weight is 394 g/mol. The number of hydrogen-bond acceptors (Lipinski definition) is 5. The van der Waals surface area contributed by atoms with Gasteiger partial charge in [-0.2, -0.15) is 4.98 Å². The Morgan fingerprint density at radius 2 is 2.11 bits per heavy atom. The van der Waals surface area contributed by atoms with Crippen molar-refractivity contribution in [3.05, 3.63) is 35.5 Å². The summed E-state index contributed by atoms with van der Waals surface area (Å²) < 4.78 is 32.8. The number of halogens is 2. The van der Waals surface area contributed by atoms with E-state index in [4.69, 9.17) is 4.74 Å². The van der Waals surface area contributed by atoms with E-state index in [9.17, 15) is 8.78 Å². The summed E-state index contributed by atoms with van der Waals surface area (Å²) in [7, 11) is 1.87. The predicted molar refractivity (Wildman–Crippen MR) is 106 cm³/mol. The Kier molecular flexibility index (Phi) is 7.97. The maximum Gasteiger partial charge on any atom is 0.267 e. The van der Waals surface area contributed by atoms with Gasteiger partial charge in [-0.3, -0.25) is 0 Å². The Labute approximate surface area is 162 Å². The number of rotatable bonds is 9. The van der Waals surface area contributed by atoms with Crippen LogP contribution in [0.4, 0.5) is 14.5 Å². The second kappa shape index (κ2) is 10.2. The minimum atomic E-state index is -2.69. The molecule has 5 nitrogen and oxygen atoms in total. The Bertz CT molecular complexity index is 786. The summed E-state index contributed by atoms with van der Waals surface area (Å²) in [5.74, 6) is 1.20. The average Bonchev–Trinajstić information content (AvgIpc) is 2.65. The number of hydrogen-bond donors (Lipinski definition) is 0. The van der Waals surface area contributed by atoms with E-state index in [1.54, 1.807) is 24.7 Å². The third kappa shape index (κ3) is 6.16. The molecule has 0 bridgehead atoms. The highest BCUT2D eigenvalue weighted by Gasteiger charge is 2.18. The molecule has 0 aliphatic rings. The minimum absolute atomic E-state index is 0.0791. The van der Waals surface area contributed by atoms with Gasteiger partial charge in [-0.1, -0.05) is 18.7 Å². The molecule has 1 heterocycles. The maximum atomic E-state index is 13.6. The first-order valence-corrected chi connectivity index (χ1v) is 9.74. The summed E-state index contributed by atoms with van der Waals surface area (Å²) in [6.45, 7) is 6.63. The third-order valence-electron chi connectivity index (χ3n) is 3.71. The molecule has 0 spiro atoms. The van der Waals surface area contributed by atoms with Gasteiger partial charge < -0.3 is 9.64 Å². The van der Waals surface area contributed by atoms with Crippen molar-refractivity contribution in [3.63, 3.8) is 0 Å². The summed E-state index contributed by atoms with van der Waals surface area (Å²) in [6.07, 6.45) is 1.49. The lowest BCUT2D eigenvalue weighted by molar-refractivity contribution is 0.148. The SMILES string of the molecule is CCCSc1nccc(Oc2cc(C)c(/N=C/N(C)CC)cc2C(F)F)n1. The highest BCUT2D eigenvalue weighted by atomic mass is 32.2. The van der Waals surface area contributed by atoms with E-state index in [0.717, 1.165) is 24.3 Å². The van der Waals surface area contributed by atoms with Crippen LogP contribution in [-0.4, -0.2) is 40.6 Å². The van der Waals surface area contributed by atoms with Crippen molar-refractivity contribution in [3.8, 4) is 11.6 Å². The van der Waals surface area contributed by atoms with E-state index >= 15 is 0 Å². The normalized spacial score (nSPS) is 11.4. The fraction of sp³-hybridized carbons (Fsp3) is 0.421. The molecule has 0 saturated heterocycles. The first-order valence-electron chi connectivity index (χ1n) is 8.75. The Balaban J connectivity index is 2.31. The lowest BCUT2D eigenvalue weighted by atomic mass is 10.1. The molecule has 0 amide bonds. The van der Waals surface area contributed by atoms with Crippen LogP contribution in [0.1, 0.15) is 37.8 Å². The molecule has 0 fully saturated rings. The van der Waals surface area contributed by atoms with Gasteiger partial charge in [0, 0.05) is 31.6 Å². The molecule has 27 heavy (non-hydrogen) atoms. The monoisotopic (exact) mass is 394 g/mol. The molecule has 0 radical (unpaired) electrons. The number of aromatic nitrogens is 2. The third-order valence-corrected chi connectivity index (χ3v) is 4.78. The molecule has 2 aromatic rings. The molecule has 0 unspecified atom stereocenters. The molecule has 1 aromatic carbocycles. The van der Waals surface area contributed by atoms with Crippen LogP contribution >= 0.6 is 11.8 Å². The van der Waals surface area contributed by atoms with E-state index in [1.807, 2.05) is 25.8 Å². The molecule has 8 heteroatoms. The summed E-state index contributed by atoms with van der Waals surface area (Å²) in [5.41, 5.74) is 1.01. The van der Waals surface area contributed by atoms with Crippen LogP contribution in [0.3, 0.4) is 0 Å². The van der Waals surface area contributed by atoms with Crippen molar-refractivity contribution >= 4 is 23.8 Å². The number of thioether (sulfide) groups is 1. The standard InChI is InChI=1S/C19H24F2N4OS/c1-5-9-27-19-22-8-7-17(24-19)26-16-10-13(3)15(11-14(16)18(20)21)23-12-25(4)6-2/h7-8,10-12,18H,5-6,9H2,1-4H3/b23-12+. The Morgan fingerprint density at radius 3 is 2.78 bits per heavy atom. The van der Waals surface area contributed by atoms with Crippen LogP contribution in [-0.2, 0) is 0 Å². The van der Waals surface area contributed by atoms with Crippen molar-refractivity contribution in [2.45, 2.75) is 38.8 Å². The van der Waals surface area contributed by atoms with Gasteiger partial charge in [0.15, 0.2) is 5.16 Å². The van der Waals surface area contributed by atoms with E-state index in [2.05, 4.69) is 21.9 Å². The Hall–Kier alpha value is -2.22. The molecule has 0 atom stereocenters. The van der Waals surface area contributed by atoms with Gasteiger partial charge in [0.1, 0.15) is 5.75 Å². The summed E-state index contributed by atoms with van der Waals surface area (Å²) in [6, 6.07) is 4.49. The zero-order valence-corrected chi connectivity index (χ0v) is 16.8. The van der Waals surface area contributed by atoms with Crippen molar-refractivity contribution in [1.29, 1.82) is 0 Å². The van der Waals surface area contributed by atoms with Gasteiger partial charge in [-0.25, -0.2) is 18.8 Å². The lowest BCUT2D eigenvalue weighted by Gasteiger charge is -2.14. The summed E-state index contributed by atoms with van der Waals surface area (Å²) >= 11 is 1.50. The lowest BCUT2D eigenvalue weighted by Crippen LogP contribution is -2.14. The van der Waals surface area contributed by atoms with Gasteiger partial charge in [-0.05, 0) is 38.0 Å². The van der Waals surface area contributed by atoms with Crippen LogP contribution in [0.5, 0.6) is 11.6 Å². The molecular weight excluding hydrogens is 370 g/mol. The highest BCUT2D eigenvalue weighted by Crippen LogP contribution is 2.37. The van der Waals surface area contributed by atoms with Gasteiger partial charge in [-0.15, -0.1) is 0 Å². The predicted octanol–water partition coefficient (Wildman–Crippen LogP) is 5.63. The van der Waals surface area contributed by atoms with Crippen molar-refractivity contribution in [2.24, 2.45) is 4.99 Å². The maximum absolute atomic E-state index is 13.6. The van der Waals surface area contributed by atoms with E-state index in [1.165, 1.54) is 17.8 Å². The largest absolute Gasteiger partial charge is 0.438 e. The van der Waals surface area contributed by atoms with E-state index in [0.29, 0.717) is 10.8 Å². The fourth-order valence-electron chi connectivity index (χ4n) is 2.08. The number of benzene rings is 1. The van der Waals surface area contributed by atoms with Gasteiger partial charge in [0.05, 0.1) is 17.6 Å². The molecule has 2 rings (SSSR count). The number of aliphatic imine (C=N–C) groups is 1. The first-order chi connectivity index (χ1) is 12.9. The van der Waals surface area contributed by atoms with E-state index < -0.39 is 6.43 Å². The smallest absolute Gasteiger partial charge is 0.267 e. The summed E-state index contributed by atoms with van der Waals surface area (Å²) in [5, 5.41) is 0.563. The Morgan fingerprint density at radius 1 is 1.33 bits per heavy atom. The quantitative estimate of drug-likeness (QED) is 0.239. The molecule has 0 saturated carbocycles. The molecule has 0 N–H and O–H groups in total. The molecule has 0 aliphatic heterocycles. The van der Waals surface area contributed by atoms with Crippen molar-refractivity contribution < 1.29 is 13.5 Å². The second-order valence-electron chi connectivity index (χ2n) is 5.92. The number of nitrogens with zero attached hydrogens (tertiary/aromatic N) is 4. The molecule has 146 valence electrons. The first kappa shape index (κ1) is 21.1. The van der Waals surface area contributed by atoms with Gasteiger partial charge >= 0.3 is 0 Å². The van der Waals surface area contributed by atoms with Crippen LogP contribution in [0.2, 0.25) is 0 Å². The van der Waals surface area contributed by atoms with Gasteiger partial charge in [0.25, 0.3) is 6.43 Å². The zero-order chi connectivity index (χ0) is 19.8. The molecule has 0 aliphatic carbocycles.